The third kappa shape index (κ3) is 3.94. The number of rotatable bonds is 5. The predicted octanol–water partition coefficient (Wildman–Crippen LogP) is 6.66. The Morgan fingerprint density at radius 1 is 0.774 bits per heavy atom. The van der Waals surface area contributed by atoms with Gasteiger partial charge in [0.05, 0.1) is 5.39 Å². The SMILES string of the molecule is Fc1ccc(CSc2ncnc3c2c(-c2ccccc2)cn3-c2ccc(F)cc2)cc1. The average molecular weight is 429 g/mol. The van der Waals surface area contributed by atoms with E-state index in [-0.39, 0.29) is 11.6 Å². The van der Waals surface area contributed by atoms with Crippen molar-refractivity contribution >= 4 is 22.8 Å². The van der Waals surface area contributed by atoms with E-state index in [1.807, 2.05) is 41.1 Å². The molecule has 2 heterocycles. The van der Waals surface area contributed by atoms with Crippen LogP contribution >= 0.6 is 11.8 Å². The monoisotopic (exact) mass is 429 g/mol. The van der Waals surface area contributed by atoms with E-state index in [0.717, 1.165) is 38.4 Å². The van der Waals surface area contributed by atoms with Gasteiger partial charge in [0.25, 0.3) is 0 Å². The first-order chi connectivity index (χ1) is 15.2. The lowest BCUT2D eigenvalue weighted by molar-refractivity contribution is 0.627. The molecule has 0 atom stereocenters. The van der Waals surface area contributed by atoms with Crippen LogP contribution in [0.1, 0.15) is 5.56 Å². The minimum atomic E-state index is -0.284. The van der Waals surface area contributed by atoms with Crippen LogP contribution in [0.4, 0.5) is 8.78 Å². The van der Waals surface area contributed by atoms with Crippen LogP contribution < -0.4 is 0 Å². The zero-order chi connectivity index (χ0) is 21.2. The fourth-order valence-electron chi connectivity index (χ4n) is 3.51. The second-order valence-electron chi connectivity index (χ2n) is 7.05. The highest BCUT2D eigenvalue weighted by Crippen LogP contribution is 2.37. The van der Waals surface area contributed by atoms with Crippen molar-refractivity contribution in [2.45, 2.75) is 10.8 Å². The number of hydrogen-bond acceptors (Lipinski definition) is 3. The number of thioether (sulfide) groups is 1. The average Bonchev–Trinajstić information content (AvgIpc) is 3.20. The number of fused-ring (bicyclic) bond motifs is 1. The molecule has 0 fully saturated rings. The summed E-state index contributed by atoms with van der Waals surface area (Å²) in [6.45, 7) is 0. The molecule has 5 rings (SSSR count). The van der Waals surface area contributed by atoms with Gasteiger partial charge in [-0.05, 0) is 47.5 Å². The van der Waals surface area contributed by atoms with E-state index >= 15 is 0 Å². The van der Waals surface area contributed by atoms with Crippen molar-refractivity contribution in [2.75, 3.05) is 0 Å². The first-order valence-corrected chi connectivity index (χ1v) is 10.7. The van der Waals surface area contributed by atoms with Gasteiger partial charge in [-0.25, -0.2) is 18.7 Å². The fourth-order valence-corrected chi connectivity index (χ4v) is 4.47. The number of aromatic nitrogens is 3. The summed E-state index contributed by atoms with van der Waals surface area (Å²) in [6.07, 6.45) is 3.56. The number of hydrogen-bond donors (Lipinski definition) is 0. The van der Waals surface area contributed by atoms with E-state index in [9.17, 15) is 8.78 Å². The third-order valence-corrected chi connectivity index (χ3v) is 6.09. The van der Waals surface area contributed by atoms with Gasteiger partial charge in [-0.15, -0.1) is 11.8 Å². The quantitative estimate of drug-likeness (QED) is 0.231. The molecule has 31 heavy (non-hydrogen) atoms. The maximum absolute atomic E-state index is 13.5. The summed E-state index contributed by atoms with van der Waals surface area (Å²) in [5.41, 5.74) is 4.63. The van der Waals surface area contributed by atoms with Crippen molar-refractivity contribution in [1.82, 2.24) is 14.5 Å². The molecule has 0 amide bonds. The summed E-state index contributed by atoms with van der Waals surface area (Å²) in [5, 5.41) is 1.78. The molecular formula is C25H17F2N3S. The van der Waals surface area contributed by atoms with Gasteiger partial charge in [0, 0.05) is 23.2 Å². The van der Waals surface area contributed by atoms with Crippen molar-refractivity contribution < 1.29 is 8.78 Å². The Labute approximate surface area is 182 Å². The zero-order valence-electron chi connectivity index (χ0n) is 16.4. The molecule has 0 radical (unpaired) electrons. The van der Waals surface area contributed by atoms with Crippen LogP contribution in [0.5, 0.6) is 0 Å². The Bertz CT molecular complexity index is 1330. The van der Waals surface area contributed by atoms with E-state index < -0.39 is 0 Å². The Morgan fingerprint density at radius 2 is 1.45 bits per heavy atom. The second-order valence-corrected chi connectivity index (χ2v) is 8.01. The van der Waals surface area contributed by atoms with Crippen LogP contribution in [0.2, 0.25) is 0 Å². The van der Waals surface area contributed by atoms with Crippen LogP contribution in [0.15, 0.2) is 96.4 Å². The Morgan fingerprint density at radius 3 is 2.16 bits per heavy atom. The molecule has 3 nitrogen and oxygen atoms in total. The molecule has 0 N–H and O–H groups in total. The number of benzene rings is 3. The largest absolute Gasteiger partial charge is 0.301 e. The maximum atomic E-state index is 13.5. The summed E-state index contributed by atoms with van der Waals surface area (Å²) in [7, 11) is 0. The first kappa shape index (κ1) is 19.5. The van der Waals surface area contributed by atoms with Crippen molar-refractivity contribution in [3.05, 3.63) is 109 Å². The maximum Gasteiger partial charge on any atom is 0.149 e. The Balaban J connectivity index is 1.64. The summed E-state index contributed by atoms with van der Waals surface area (Å²) in [5.74, 6) is 0.122. The van der Waals surface area contributed by atoms with Crippen molar-refractivity contribution in [2.24, 2.45) is 0 Å². The zero-order valence-corrected chi connectivity index (χ0v) is 17.2. The van der Waals surface area contributed by atoms with Gasteiger partial charge in [0.2, 0.25) is 0 Å². The van der Waals surface area contributed by atoms with Gasteiger partial charge < -0.3 is 4.57 Å². The van der Waals surface area contributed by atoms with Crippen LogP contribution in [0.25, 0.3) is 27.8 Å². The molecule has 0 bridgehead atoms. The first-order valence-electron chi connectivity index (χ1n) is 9.74. The highest BCUT2D eigenvalue weighted by atomic mass is 32.2. The molecule has 0 unspecified atom stereocenters. The van der Waals surface area contributed by atoms with E-state index in [2.05, 4.69) is 9.97 Å². The van der Waals surface area contributed by atoms with Gasteiger partial charge in [-0.3, -0.25) is 0 Å². The molecule has 2 aromatic heterocycles. The summed E-state index contributed by atoms with van der Waals surface area (Å²) in [4.78, 5) is 9.10. The van der Waals surface area contributed by atoms with Gasteiger partial charge in [0.15, 0.2) is 0 Å². The molecule has 6 heteroatoms. The van der Waals surface area contributed by atoms with Gasteiger partial charge in [-0.1, -0.05) is 42.5 Å². The highest BCUT2D eigenvalue weighted by molar-refractivity contribution is 7.98. The standard InChI is InChI=1S/C25H17F2N3S/c26-19-8-6-17(7-9-19)15-31-25-23-22(18-4-2-1-3-5-18)14-30(24(23)28-16-29-25)21-12-10-20(27)11-13-21/h1-14,16H,15H2. The molecule has 152 valence electrons. The van der Waals surface area contributed by atoms with Crippen molar-refractivity contribution in [3.63, 3.8) is 0 Å². The van der Waals surface area contributed by atoms with E-state index in [4.69, 9.17) is 0 Å². The molecule has 0 aliphatic rings. The van der Waals surface area contributed by atoms with E-state index in [0.29, 0.717) is 5.75 Å². The third-order valence-electron chi connectivity index (χ3n) is 5.03. The smallest absolute Gasteiger partial charge is 0.149 e. The fraction of sp³-hybridized carbons (Fsp3) is 0.0400. The summed E-state index contributed by atoms with van der Waals surface area (Å²) < 4.78 is 28.7. The molecule has 0 saturated carbocycles. The van der Waals surface area contributed by atoms with Crippen LogP contribution in [0.3, 0.4) is 0 Å². The minimum Gasteiger partial charge on any atom is -0.301 e. The van der Waals surface area contributed by atoms with Crippen LogP contribution in [-0.4, -0.2) is 14.5 Å². The summed E-state index contributed by atoms with van der Waals surface area (Å²) in [6, 6.07) is 22.9. The molecule has 0 aliphatic heterocycles. The predicted molar refractivity (Wildman–Crippen MR) is 120 cm³/mol. The topological polar surface area (TPSA) is 30.7 Å². The highest BCUT2D eigenvalue weighted by Gasteiger charge is 2.17. The van der Waals surface area contributed by atoms with Gasteiger partial charge in [0.1, 0.15) is 28.6 Å². The Kier molecular flexibility index (Phi) is 5.22. The summed E-state index contributed by atoms with van der Waals surface area (Å²) >= 11 is 1.58. The minimum absolute atomic E-state index is 0.249. The molecule has 5 aromatic rings. The molecular weight excluding hydrogens is 412 g/mol. The number of halogens is 2. The molecule has 0 aliphatic carbocycles. The second kappa shape index (κ2) is 8.32. The van der Waals surface area contributed by atoms with Gasteiger partial charge >= 0.3 is 0 Å². The van der Waals surface area contributed by atoms with Crippen LogP contribution in [-0.2, 0) is 5.75 Å². The van der Waals surface area contributed by atoms with Gasteiger partial charge in [-0.2, -0.15) is 0 Å². The lowest BCUT2D eigenvalue weighted by Gasteiger charge is -2.06. The van der Waals surface area contributed by atoms with Crippen molar-refractivity contribution in [1.29, 1.82) is 0 Å². The normalized spacial score (nSPS) is 11.2. The van der Waals surface area contributed by atoms with Crippen LogP contribution in [0, 0.1) is 11.6 Å². The van der Waals surface area contributed by atoms with E-state index in [1.54, 1.807) is 42.4 Å². The van der Waals surface area contributed by atoms with Crippen molar-refractivity contribution in [3.8, 4) is 16.8 Å². The Hall–Kier alpha value is -3.51. The molecule has 3 aromatic carbocycles. The lowest BCUT2D eigenvalue weighted by atomic mass is 10.1. The lowest BCUT2D eigenvalue weighted by Crippen LogP contribution is -1.95. The molecule has 0 spiro atoms. The number of nitrogens with zero attached hydrogens (tertiary/aromatic N) is 3. The van der Waals surface area contributed by atoms with E-state index in [1.165, 1.54) is 24.3 Å². The molecule has 0 saturated heterocycles.